The summed E-state index contributed by atoms with van der Waals surface area (Å²) < 4.78 is 0. The van der Waals surface area contributed by atoms with E-state index < -0.39 is 0 Å². The smallest absolute Gasteiger partial charge is 0.0121 e. The lowest BCUT2D eigenvalue weighted by Gasteiger charge is -1.05. The first-order valence-electron chi connectivity index (χ1n) is 0.378. The number of rotatable bonds is 0. The van der Waals surface area contributed by atoms with Crippen LogP contribution in [0.1, 0.15) is 0 Å². The van der Waals surface area contributed by atoms with E-state index in [4.69, 9.17) is 0 Å². The molecule has 0 saturated heterocycles. The molecule has 102 valence electrons. The number of halogens is 1. The van der Waals surface area contributed by atoms with Crippen molar-refractivity contribution >= 4 is 22.6 Å². The SMILES string of the molecule is CI.N.N.N.N.N.N.N.N.N.N.N. The Balaban J connectivity index is -0.0000000000909. The van der Waals surface area contributed by atoms with Gasteiger partial charge in [-0.05, 0) is 4.93 Å². The van der Waals surface area contributed by atoms with E-state index in [1.54, 1.807) is 0 Å². The third-order valence-electron chi connectivity index (χ3n) is 0. The van der Waals surface area contributed by atoms with Crippen LogP contribution < -0.4 is 67.7 Å². The lowest BCUT2D eigenvalue weighted by Crippen LogP contribution is -0.798. The zero-order valence-electron chi connectivity index (χ0n) is 9.16. The zero-order valence-corrected chi connectivity index (χ0v) is 11.3. The van der Waals surface area contributed by atoms with Crippen LogP contribution in [0.2, 0.25) is 0 Å². The Morgan fingerprint density at radius 2 is 0.308 bits per heavy atom. The van der Waals surface area contributed by atoms with Crippen LogP contribution in [0.15, 0.2) is 0 Å². The molecule has 13 heavy (non-hydrogen) atoms. The maximum Gasteiger partial charge on any atom is -0.0121 e. The van der Waals surface area contributed by atoms with Crippen molar-refractivity contribution in [3.05, 3.63) is 0 Å². The largest absolute Gasteiger partial charge is 0.344 e. The summed E-state index contributed by atoms with van der Waals surface area (Å²) >= 11 is 2.15. The topological polar surface area (TPSA) is 385 Å². The highest BCUT2D eigenvalue weighted by molar-refractivity contribution is 14.1. The zero-order chi connectivity index (χ0) is 2.00. The predicted octanol–water partition coefficient (Wildman–Crippen LogP) is 2.83. The molecular weight excluding hydrogens is 293 g/mol. The Morgan fingerprint density at radius 3 is 0.308 bits per heavy atom. The molecule has 0 aromatic heterocycles. The lowest BCUT2D eigenvalue weighted by molar-refractivity contribution is 2.13. The van der Waals surface area contributed by atoms with Gasteiger partial charge in [-0.3, -0.25) is 0 Å². The van der Waals surface area contributed by atoms with Gasteiger partial charge in [0.1, 0.15) is 0 Å². The summed E-state index contributed by atoms with van der Waals surface area (Å²) in [5.41, 5.74) is 0. The summed E-state index contributed by atoms with van der Waals surface area (Å²) in [4.78, 5) is 1.97. The fourth-order valence-electron chi connectivity index (χ4n) is 0. The molecule has 0 saturated carbocycles. The average molecular weight is 329 g/mol. The van der Waals surface area contributed by atoms with E-state index in [1.807, 2.05) is 4.93 Å². The first-order chi connectivity index (χ1) is 1.00. The second kappa shape index (κ2) is 18600. The van der Waals surface area contributed by atoms with Crippen LogP contribution in [0.25, 0.3) is 0 Å². The van der Waals surface area contributed by atoms with Crippen molar-refractivity contribution in [1.82, 2.24) is 67.7 Å². The summed E-state index contributed by atoms with van der Waals surface area (Å²) in [6.45, 7) is 0. The second-order valence-electron chi connectivity index (χ2n) is 0. The highest BCUT2D eigenvalue weighted by Crippen LogP contribution is 1.48. The molecule has 0 aliphatic carbocycles. The fraction of sp³-hybridized carbons (Fsp3) is 1.00. The minimum absolute atomic E-state index is 0. The molecule has 12 heteroatoms. The standard InChI is InChI=1S/CH3I.11H3N/c1-2;;;;;;;;;;;/h1H3;11*1H3. The maximum atomic E-state index is 2.15. The summed E-state index contributed by atoms with van der Waals surface area (Å²) in [6, 6.07) is 0. The molecule has 0 fully saturated rings. The summed E-state index contributed by atoms with van der Waals surface area (Å²) in [6.07, 6.45) is 0. The number of hydrogen-bond donors (Lipinski definition) is 11. The molecule has 0 amide bonds. The van der Waals surface area contributed by atoms with Gasteiger partial charge in [-0.2, -0.15) is 0 Å². The molecule has 0 aliphatic rings. The van der Waals surface area contributed by atoms with E-state index in [0.717, 1.165) is 0 Å². The highest BCUT2D eigenvalue weighted by atomic mass is 127. The van der Waals surface area contributed by atoms with Gasteiger partial charge in [0.05, 0.1) is 0 Å². The van der Waals surface area contributed by atoms with Gasteiger partial charge in [0.25, 0.3) is 0 Å². The lowest BCUT2D eigenvalue weighted by atomic mass is 12.0. The van der Waals surface area contributed by atoms with E-state index in [9.17, 15) is 0 Å². The van der Waals surface area contributed by atoms with Gasteiger partial charge in [0, 0.05) is 0 Å². The molecule has 0 spiro atoms. The highest BCUT2D eigenvalue weighted by Gasteiger charge is 0.950. The quantitative estimate of drug-likeness (QED) is 0.226. The van der Waals surface area contributed by atoms with E-state index in [1.165, 1.54) is 0 Å². The van der Waals surface area contributed by atoms with Crippen molar-refractivity contribution in [3.8, 4) is 0 Å². The molecule has 0 unspecified atom stereocenters. The van der Waals surface area contributed by atoms with Gasteiger partial charge in [-0.25, -0.2) is 0 Å². The minimum atomic E-state index is 0. The van der Waals surface area contributed by atoms with Crippen LogP contribution in [0, 0.1) is 0 Å². The second-order valence-corrected chi connectivity index (χ2v) is 0. The van der Waals surface area contributed by atoms with Gasteiger partial charge in [0.15, 0.2) is 0 Å². The summed E-state index contributed by atoms with van der Waals surface area (Å²) in [5.74, 6) is 0. The maximum absolute atomic E-state index is 2.15. The van der Waals surface area contributed by atoms with Gasteiger partial charge < -0.3 is 67.7 Å². The van der Waals surface area contributed by atoms with E-state index in [0.29, 0.717) is 0 Å². The molecule has 0 atom stereocenters. The molecule has 0 radical (unpaired) electrons. The summed E-state index contributed by atoms with van der Waals surface area (Å²) in [7, 11) is 0. The van der Waals surface area contributed by atoms with Crippen molar-refractivity contribution < 1.29 is 0 Å². The Bertz CT molecular complexity index is 10.1. The van der Waals surface area contributed by atoms with Crippen LogP contribution >= 0.6 is 22.6 Å². The van der Waals surface area contributed by atoms with E-state index in [-0.39, 0.29) is 67.7 Å². The fourth-order valence-corrected chi connectivity index (χ4v) is 0. The van der Waals surface area contributed by atoms with Crippen molar-refractivity contribution in [2.45, 2.75) is 0 Å². The average Bonchev–Trinajstić information content (AvgIpc) is 1.00. The third kappa shape index (κ3) is 15500. The number of alkyl halides is 1. The molecule has 0 aromatic rings. The molecular formula is CH36IN11. The Labute approximate surface area is 95.5 Å². The van der Waals surface area contributed by atoms with Crippen LogP contribution in [0.3, 0.4) is 0 Å². The Hall–Kier alpha value is 0.290. The van der Waals surface area contributed by atoms with Crippen LogP contribution in [0.5, 0.6) is 0 Å². The Morgan fingerprint density at radius 1 is 0.308 bits per heavy atom. The van der Waals surface area contributed by atoms with Crippen molar-refractivity contribution in [2.75, 3.05) is 4.93 Å². The molecule has 0 aromatic carbocycles. The number of hydrogen-bond acceptors (Lipinski definition) is 11. The monoisotopic (exact) mass is 329 g/mol. The molecule has 0 heterocycles. The molecule has 0 bridgehead atoms. The normalized spacial score (nSPS) is 0.462. The van der Waals surface area contributed by atoms with Crippen molar-refractivity contribution in [2.24, 2.45) is 0 Å². The van der Waals surface area contributed by atoms with Crippen LogP contribution in [-0.2, 0) is 0 Å². The van der Waals surface area contributed by atoms with Gasteiger partial charge in [0.2, 0.25) is 0 Å². The summed E-state index contributed by atoms with van der Waals surface area (Å²) in [5, 5.41) is 0. The molecule has 0 aliphatic heterocycles. The van der Waals surface area contributed by atoms with Crippen molar-refractivity contribution in [3.63, 3.8) is 0 Å². The molecule has 11 nitrogen and oxygen atoms in total. The van der Waals surface area contributed by atoms with Gasteiger partial charge >= 0.3 is 0 Å². The minimum Gasteiger partial charge on any atom is -0.344 e. The molecule has 33 N–H and O–H groups in total. The molecule has 0 rings (SSSR count). The van der Waals surface area contributed by atoms with Crippen LogP contribution in [-0.4, -0.2) is 4.93 Å². The first-order valence-corrected chi connectivity index (χ1v) is 2.54. The first kappa shape index (κ1) is 1210. The predicted molar refractivity (Wildman–Crippen MR) is 75.2 cm³/mol. The Kier molecular flexibility index (Phi) is 1730000. The van der Waals surface area contributed by atoms with Gasteiger partial charge in [-0.1, -0.05) is 22.6 Å². The van der Waals surface area contributed by atoms with E-state index in [2.05, 4.69) is 22.6 Å². The van der Waals surface area contributed by atoms with Crippen molar-refractivity contribution in [1.29, 1.82) is 0 Å². The third-order valence-corrected chi connectivity index (χ3v) is 0. The van der Waals surface area contributed by atoms with E-state index >= 15 is 0 Å². The van der Waals surface area contributed by atoms with Gasteiger partial charge in [-0.15, -0.1) is 0 Å². The van der Waals surface area contributed by atoms with Crippen LogP contribution in [0.4, 0.5) is 0 Å².